The van der Waals surface area contributed by atoms with E-state index in [1.54, 1.807) is 0 Å². The van der Waals surface area contributed by atoms with Gasteiger partial charge in [0.15, 0.2) is 9.84 Å². The lowest BCUT2D eigenvalue weighted by Gasteiger charge is -2.19. The Hall–Kier alpha value is -0.460. The monoisotopic (exact) mass is 246 g/mol. The third kappa shape index (κ3) is 2.56. The first-order valence-electron chi connectivity index (χ1n) is 4.95. The van der Waals surface area contributed by atoms with Crippen LogP contribution in [-0.4, -0.2) is 24.9 Å². The standard InChI is InChI=1S/C9H14N2O2S2/c10-4-8-5-14-9(11-8)7-2-1-3-15(12,13)6-7/h5,7H,1-4,6,10H2. The SMILES string of the molecule is NCc1csc(C2CCCS(=O)(=O)C2)n1. The normalized spacial score (nSPS) is 25.3. The Kier molecular flexibility index (Phi) is 3.08. The molecule has 0 spiro atoms. The van der Waals surface area contributed by atoms with Gasteiger partial charge in [0, 0.05) is 17.8 Å². The van der Waals surface area contributed by atoms with Gasteiger partial charge in [-0.25, -0.2) is 13.4 Å². The average molecular weight is 246 g/mol. The molecule has 0 aromatic carbocycles. The minimum absolute atomic E-state index is 0.0917. The maximum atomic E-state index is 11.5. The van der Waals surface area contributed by atoms with Crippen molar-refractivity contribution in [3.8, 4) is 0 Å². The molecule has 1 aliphatic heterocycles. The summed E-state index contributed by atoms with van der Waals surface area (Å²) < 4.78 is 22.9. The van der Waals surface area contributed by atoms with Gasteiger partial charge in [0.05, 0.1) is 22.2 Å². The van der Waals surface area contributed by atoms with Crippen LogP contribution in [0.4, 0.5) is 0 Å². The van der Waals surface area contributed by atoms with E-state index in [-0.39, 0.29) is 11.7 Å². The van der Waals surface area contributed by atoms with Crippen LogP contribution in [-0.2, 0) is 16.4 Å². The summed E-state index contributed by atoms with van der Waals surface area (Å²) in [6.45, 7) is 0.427. The first kappa shape index (κ1) is 11.0. The summed E-state index contributed by atoms with van der Waals surface area (Å²) in [6.07, 6.45) is 1.68. The average Bonchev–Trinajstić information content (AvgIpc) is 2.64. The highest BCUT2D eigenvalue weighted by atomic mass is 32.2. The molecule has 4 nitrogen and oxygen atoms in total. The van der Waals surface area contributed by atoms with Crippen molar-refractivity contribution in [2.45, 2.75) is 25.3 Å². The molecular weight excluding hydrogens is 232 g/mol. The third-order valence-corrected chi connectivity index (χ3v) is 5.47. The van der Waals surface area contributed by atoms with Gasteiger partial charge in [-0.2, -0.15) is 0 Å². The van der Waals surface area contributed by atoms with Crippen LogP contribution in [0, 0.1) is 0 Å². The van der Waals surface area contributed by atoms with Crippen LogP contribution in [0.3, 0.4) is 0 Å². The van der Waals surface area contributed by atoms with Gasteiger partial charge in [0.1, 0.15) is 0 Å². The summed E-state index contributed by atoms with van der Waals surface area (Å²) in [5, 5.41) is 2.84. The summed E-state index contributed by atoms with van der Waals surface area (Å²) >= 11 is 1.53. The van der Waals surface area contributed by atoms with Gasteiger partial charge in [0.25, 0.3) is 0 Å². The van der Waals surface area contributed by atoms with E-state index < -0.39 is 9.84 Å². The molecule has 1 fully saturated rings. The minimum Gasteiger partial charge on any atom is -0.325 e. The van der Waals surface area contributed by atoms with Crippen molar-refractivity contribution in [1.29, 1.82) is 0 Å². The Morgan fingerprint density at radius 2 is 2.40 bits per heavy atom. The van der Waals surface area contributed by atoms with Crippen molar-refractivity contribution in [2.24, 2.45) is 5.73 Å². The van der Waals surface area contributed by atoms with Gasteiger partial charge in [-0.05, 0) is 12.8 Å². The largest absolute Gasteiger partial charge is 0.325 e. The van der Waals surface area contributed by atoms with E-state index in [2.05, 4.69) is 4.98 Å². The number of nitrogens with zero attached hydrogens (tertiary/aromatic N) is 1. The fourth-order valence-corrected chi connectivity index (χ4v) is 4.61. The van der Waals surface area contributed by atoms with Gasteiger partial charge >= 0.3 is 0 Å². The molecule has 84 valence electrons. The van der Waals surface area contributed by atoms with Crippen LogP contribution in [0.15, 0.2) is 5.38 Å². The van der Waals surface area contributed by atoms with Gasteiger partial charge in [-0.1, -0.05) is 0 Å². The number of rotatable bonds is 2. The van der Waals surface area contributed by atoms with Crippen molar-refractivity contribution >= 4 is 21.2 Å². The maximum Gasteiger partial charge on any atom is 0.151 e. The van der Waals surface area contributed by atoms with Gasteiger partial charge in [0.2, 0.25) is 0 Å². The summed E-state index contributed by atoms with van der Waals surface area (Å²) in [6, 6.07) is 0. The Morgan fingerprint density at radius 1 is 1.60 bits per heavy atom. The van der Waals surface area contributed by atoms with Crippen molar-refractivity contribution in [3.63, 3.8) is 0 Å². The summed E-state index contributed by atoms with van der Waals surface area (Å²) in [5.41, 5.74) is 6.33. The van der Waals surface area contributed by atoms with Crippen LogP contribution >= 0.6 is 11.3 Å². The lowest BCUT2D eigenvalue weighted by atomic mass is 10.1. The molecule has 1 aliphatic rings. The molecule has 0 amide bonds. The molecule has 6 heteroatoms. The molecule has 1 aromatic heterocycles. The lowest BCUT2D eigenvalue weighted by molar-refractivity contribution is 0.553. The molecule has 15 heavy (non-hydrogen) atoms. The lowest BCUT2D eigenvalue weighted by Crippen LogP contribution is -2.23. The van der Waals surface area contributed by atoms with E-state index in [1.807, 2.05) is 5.38 Å². The molecule has 0 saturated carbocycles. The van der Waals surface area contributed by atoms with Gasteiger partial charge in [-0.3, -0.25) is 0 Å². The van der Waals surface area contributed by atoms with E-state index in [9.17, 15) is 8.42 Å². The number of sulfone groups is 1. The first-order chi connectivity index (χ1) is 7.11. The predicted molar refractivity (Wildman–Crippen MR) is 60.6 cm³/mol. The molecule has 1 unspecified atom stereocenters. The van der Waals surface area contributed by atoms with Crippen LogP contribution < -0.4 is 5.73 Å². The molecule has 2 N–H and O–H groups in total. The second-order valence-corrected chi connectivity index (χ2v) is 6.95. The smallest absolute Gasteiger partial charge is 0.151 e. The van der Waals surface area contributed by atoms with E-state index in [4.69, 9.17) is 5.73 Å². The third-order valence-electron chi connectivity index (χ3n) is 2.59. The van der Waals surface area contributed by atoms with Crippen molar-refractivity contribution in [2.75, 3.05) is 11.5 Å². The van der Waals surface area contributed by atoms with Gasteiger partial charge < -0.3 is 5.73 Å². The quantitative estimate of drug-likeness (QED) is 0.841. The molecule has 2 heterocycles. The number of hydrogen-bond acceptors (Lipinski definition) is 5. The maximum absolute atomic E-state index is 11.5. The Labute approximate surface area is 93.4 Å². The molecule has 0 radical (unpaired) electrons. The number of nitrogens with two attached hydrogens (primary N) is 1. The fraction of sp³-hybridized carbons (Fsp3) is 0.667. The summed E-state index contributed by atoms with van der Waals surface area (Å²) in [7, 11) is -2.84. The Bertz CT molecular complexity index is 439. The van der Waals surface area contributed by atoms with Crippen LogP contribution in [0.1, 0.15) is 29.5 Å². The molecule has 1 atom stereocenters. The second kappa shape index (κ2) is 4.19. The topological polar surface area (TPSA) is 73.1 Å². The number of aromatic nitrogens is 1. The second-order valence-electron chi connectivity index (χ2n) is 3.83. The highest BCUT2D eigenvalue weighted by Crippen LogP contribution is 2.30. The van der Waals surface area contributed by atoms with Crippen LogP contribution in [0.2, 0.25) is 0 Å². The fourth-order valence-electron chi connectivity index (χ4n) is 1.82. The van der Waals surface area contributed by atoms with E-state index in [0.29, 0.717) is 12.3 Å². The summed E-state index contributed by atoms with van der Waals surface area (Å²) in [5.74, 6) is 0.678. The highest BCUT2D eigenvalue weighted by Gasteiger charge is 2.27. The Balaban J connectivity index is 2.17. The number of hydrogen-bond donors (Lipinski definition) is 1. The zero-order valence-corrected chi connectivity index (χ0v) is 9.98. The minimum atomic E-state index is -2.84. The molecule has 2 rings (SSSR count). The molecule has 1 aromatic rings. The zero-order chi connectivity index (χ0) is 10.9. The van der Waals surface area contributed by atoms with Crippen LogP contribution in [0.25, 0.3) is 0 Å². The number of thiazole rings is 1. The molecular formula is C9H14N2O2S2. The Morgan fingerprint density at radius 3 is 3.00 bits per heavy atom. The molecule has 1 saturated heterocycles. The first-order valence-corrected chi connectivity index (χ1v) is 7.65. The van der Waals surface area contributed by atoms with E-state index >= 15 is 0 Å². The summed E-state index contributed by atoms with van der Waals surface area (Å²) in [4.78, 5) is 4.35. The van der Waals surface area contributed by atoms with E-state index in [1.165, 1.54) is 11.3 Å². The highest BCUT2D eigenvalue weighted by molar-refractivity contribution is 7.91. The molecule has 0 bridgehead atoms. The van der Waals surface area contributed by atoms with Gasteiger partial charge in [-0.15, -0.1) is 11.3 Å². The van der Waals surface area contributed by atoms with Crippen molar-refractivity contribution in [3.05, 3.63) is 16.1 Å². The van der Waals surface area contributed by atoms with Crippen LogP contribution in [0.5, 0.6) is 0 Å². The zero-order valence-electron chi connectivity index (χ0n) is 8.35. The van der Waals surface area contributed by atoms with Crippen molar-refractivity contribution < 1.29 is 8.42 Å². The van der Waals surface area contributed by atoms with Crippen molar-refractivity contribution in [1.82, 2.24) is 4.98 Å². The molecule has 0 aliphatic carbocycles. The van der Waals surface area contributed by atoms with E-state index in [0.717, 1.165) is 23.5 Å². The predicted octanol–water partition coefficient (Wildman–Crippen LogP) is 0.894.